The number of hydrogen-bond acceptors (Lipinski definition) is 5. The van der Waals surface area contributed by atoms with Gasteiger partial charge in [-0.05, 0) is 45.3 Å². The number of nitrogens with zero attached hydrogens (tertiary/aromatic N) is 1. The Morgan fingerprint density at radius 3 is 2.21 bits per heavy atom. The van der Waals surface area contributed by atoms with Gasteiger partial charge in [-0.2, -0.15) is 0 Å². The van der Waals surface area contributed by atoms with E-state index in [0.29, 0.717) is 0 Å². The van der Waals surface area contributed by atoms with Gasteiger partial charge in [0.05, 0.1) is 11.2 Å². The van der Waals surface area contributed by atoms with E-state index >= 15 is 0 Å². The third-order valence-electron chi connectivity index (χ3n) is 5.29. The van der Waals surface area contributed by atoms with E-state index in [-0.39, 0.29) is 18.3 Å². The molecule has 0 aliphatic carbocycles. The molecule has 0 spiro atoms. The molecule has 1 N–H and O–H groups in total. The summed E-state index contributed by atoms with van der Waals surface area (Å²) in [5, 5.41) is 3.36. The summed E-state index contributed by atoms with van der Waals surface area (Å²) in [6.07, 6.45) is 0. The summed E-state index contributed by atoms with van der Waals surface area (Å²) >= 11 is 0. The minimum absolute atomic E-state index is 0.309. The molecular formula is C18H29BN2O3. The van der Waals surface area contributed by atoms with Crippen molar-refractivity contribution < 1.29 is 14.0 Å². The van der Waals surface area contributed by atoms with Crippen LogP contribution in [0.2, 0.25) is 0 Å². The molecule has 24 heavy (non-hydrogen) atoms. The van der Waals surface area contributed by atoms with Crippen molar-refractivity contribution in [3.8, 4) is 5.75 Å². The highest BCUT2D eigenvalue weighted by Gasteiger charge is 2.51. The number of benzene rings is 1. The van der Waals surface area contributed by atoms with Gasteiger partial charge >= 0.3 is 7.12 Å². The van der Waals surface area contributed by atoms with Gasteiger partial charge in [-0.3, -0.25) is 4.90 Å². The summed E-state index contributed by atoms with van der Waals surface area (Å²) in [4.78, 5) is 2.43. The number of piperazine rings is 1. The van der Waals surface area contributed by atoms with Gasteiger partial charge in [-0.15, -0.1) is 0 Å². The zero-order chi connectivity index (χ0) is 17.2. The predicted octanol–water partition coefficient (Wildman–Crippen LogP) is 1.27. The average molecular weight is 332 g/mol. The summed E-state index contributed by atoms with van der Waals surface area (Å²) in [6, 6.07) is 8.06. The monoisotopic (exact) mass is 332 g/mol. The van der Waals surface area contributed by atoms with Crippen molar-refractivity contribution in [2.45, 2.75) is 38.9 Å². The minimum Gasteiger partial charge on any atom is -0.492 e. The molecule has 0 unspecified atom stereocenters. The molecule has 0 saturated carbocycles. The Morgan fingerprint density at radius 1 is 1.04 bits per heavy atom. The molecule has 1 aromatic rings. The van der Waals surface area contributed by atoms with Gasteiger partial charge in [0, 0.05) is 32.7 Å². The van der Waals surface area contributed by atoms with E-state index < -0.39 is 0 Å². The van der Waals surface area contributed by atoms with Crippen molar-refractivity contribution in [3.63, 3.8) is 0 Å². The van der Waals surface area contributed by atoms with Gasteiger partial charge in [0.1, 0.15) is 12.4 Å². The average Bonchev–Trinajstić information content (AvgIpc) is 2.77. The molecule has 2 heterocycles. The normalized spacial score (nSPS) is 23.4. The minimum atomic E-state index is -0.315. The molecule has 0 bridgehead atoms. The van der Waals surface area contributed by atoms with E-state index in [9.17, 15) is 0 Å². The number of rotatable bonds is 5. The standard InChI is InChI=1S/C18H29BN2O3/c1-17(2)18(3,4)24-19(23-17)15-5-7-16(8-6-15)22-14-13-21-11-9-20-10-12-21/h5-8,20H,9-14H2,1-4H3. The topological polar surface area (TPSA) is 43.0 Å². The zero-order valence-electron chi connectivity index (χ0n) is 15.3. The van der Waals surface area contributed by atoms with E-state index in [1.165, 1.54) is 0 Å². The van der Waals surface area contributed by atoms with Crippen LogP contribution in [0.3, 0.4) is 0 Å². The zero-order valence-corrected chi connectivity index (χ0v) is 15.3. The fraction of sp³-hybridized carbons (Fsp3) is 0.667. The highest BCUT2D eigenvalue weighted by atomic mass is 16.7. The Morgan fingerprint density at radius 2 is 1.62 bits per heavy atom. The molecule has 1 aromatic carbocycles. The Labute approximate surface area is 145 Å². The number of hydrogen-bond donors (Lipinski definition) is 1. The molecule has 0 radical (unpaired) electrons. The maximum Gasteiger partial charge on any atom is 0.494 e. The van der Waals surface area contributed by atoms with Crippen molar-refractivity contribution in [3.05, 3.63) is 24.3 Å². The van der Waals surface area contributed by atoms with Crippen molar-refractivity contribution in [1.29, 1.82) is 0 Å². The predicted molar refractivity (Wildman–Crippen MR) is 97.0 cm³/mol. The highest BCUT2D eigenvalue weighted by Crippen LogP contribution is 2.36. The fourth-order valence-electron chi connectivity index (χ4n) is 2.93. The molecule has 6 heteroatoms. The number of ether oxygens (including phenoxy) is 1. The van der Waals surface area contributed by atoms with Crippen molar-refractivity contribution in [1.82, 2.24) is 10.2 Å². The SMILES string of the molecule is CC1(C)OB(c2ccc(OCCN3CCNCC3)cc2)OC1(C)C. The lowest BCUT2D eigenvalue weighted by Crippen LogP contribution is -2.44. The highest BCUT2D eigenvalue weighted by molar-refractivity contribution is 6.62. The van der Waals surface area contributed by atoms with Gasteiger partial charge in [-0.1, -0.05) is 12.1 Å². The molecule has 2 aliphatic rings. The molecule has 2 saturated heterocycles. The molecule has 132 valence electrons. The van der Waals surface area contributed by atoms with Crippen LogP contribution < -0.4 is 15.5 Å². The lowest BCUT2D eigenvalue weighted by atomic mass is 9.79. The maximum absolute atomic E-state index is 6.07. The molecule has 3 rings (SSSR count). The van der Waals surface area contributed by atoms with Gasteiger partial charge in [0.25, 0.3) is 0 Å². The first-order valence-corrected chi connectivity index (χ1v) is 8.89. The Bertz CT molecular complexity index is 526. The van der Waals surface area contributed by atoms with E-state index in [1.807, 2.05) is 24.3 Å². The summed E-state index contributed by atoms with van der Waals surface area (Å²) in [5.74, 6) is 0.894. The molecule has 0 amide bonds. The molecule has 2 fully saturated rings. The maximum atomic E-state index is 6.07. The Balaban J connectivity index is 1.50. The van der Waals surface area contributed by atoms with Crippen LogP contribution in [0.5, 0.6) is 5.75 Å². The third-order valence-corrected chi connectivity index (χ3v) is 5.29. The van der Waals surface area contributed by atoms with Crippen molar-refractivity contribution in [2.24, 2.45) is 0 Å². The first-order chi connectivity index (χ1) is 11.4. The number of nitrogens with one attached hydrogen (secondary N) is 1. The van der Waals surface area contributed by atoms with Gasteiger partial charge < -0.3 is 19.4 Å². The van der Waals surface area contributed by atoms with Crippen LogP contribution in [0.4, 0.5) is 0 Å². The quantitative estimate of drug-likeness (QED) is 0.823. The second-order valence-electron chi connectivity index (χ2n) is 7.60. The largest absolute Gasteiger partial charge is 0.494 e. The molecule has 5 nitrogen and oxygen atoms in total. The second-order valence-corrected chi connectivity index (χ2v) is 7.60. The summed E-state index contributed by atoms with van der Waals surface area (Å²) in [5.41, 5.74) is 0.412. The van der Waals surface area contributed by atoms with E-state index in [0.717, 1.165) is 50.5 Å². The van der Waals surface area contributed by atoms with Crippen molar-refractivity contribution >= 4 is 12.6 Å². The van der Waals surface area contributed by atoms with Crippen LogP contribution in [0.25, 0.3) is 0 Å². The van der Waals surface area contributed by atoms with Crippen LogP contribution >= 0.6 is 0 Å². The molecule has 0 aromatic heterocycles. The van der Waals surface area contributed by atoms with Gasteiger partial charge in [-0.25, -0.2) is 0 Å². The molecule has 0 atom stereocenters. The Kier molecular flexibility index (Phi) is 5.20. The second kappa shape index (κ2) is 7.04. The van der Waals surface area contributed by atoms with E-state index in [4.69, 9.17) is 14.0 Å². The van der Waals surface area contributed by atoms with E-state index in [2.05, 4.69) is 37.9 Å². The summed E-state index contributed by atoms with van der Waals surface area (Å²) in [7, 11) is -0.315. The molecular weight excluding hydrogens is 303 g/mol. The van der Waals surface area contributed by atoms with Crippen molar-refractivity contribution in [2.75, 3.05) is 39.3 Å². The lowest BCUT2D eigenvalue weighted by Gasteiger charge is -2.32. The lowest BCUT2D eigenvalue weighted by molar-refractivity contribution is 0.00578. The van der Waals surface area contributed by atoms with Crippen LogP contribution in [-0.2, 0) is 9.31 Å². The van der Waals surface area contributed by atoms with Gasteiger partial charge in [0.15, 0.2) is 0 Å². The smallest absolute Gasteiger partial charge is 0.492 e. The van der Waals surface area contributed by atoms with Crippen LogP contribution in [0.1, 0.15) is 27.7 Å². The first kappa shape index (κ1) is 17.7. The van der Waals surface area contributed by atoms with Gasteiger partial charge in [0.2, 0.25) is 0 Å². The van der Waals surface area contributed by atoms with E-state index in [1.54, 1.807) is 0 Å². The molecule has 2 aliphatic heterocycles. The summed E-state index contributed by atoms with van der Waals surface area (Å²) in [6.45, 7) is 14.3. The Hall–Kier alpha value is -1.08. The van der Waals surface area contributed by atoms with Crippen LogP contribution in [-0.4, -0.2) is 62.6 Å². The first-order valence-electron chi connectivity index (χ1n) is 8.89. The third kappa shape index (κ3) is 3.94. The summed E-state index contributed by atoms with van der Waals surface area (Å²) < 4.78 is 18.0. The fourth-order valence-corrected chi connectivity index (χ4v) is 2.93. The van der Waals surface area contributed by atoms with Crippen LogP contribution in [0.15, 0.2) is 24.3 Å². The van der Waals surface area contributed by atoms with Crippen LogP contribution in [0, 0.1) is 0 Å².